The minimum absolute atomic E-state index is 0.733. The molecular formula is C15H30. The molecule has 0 heteroatoms. The highest BCUT2D eigenvalue weighted by Gasteiger charge is 2.06. The summed E-state index contributed by atoms with van der Waals surface area (Å²) in [5, 5.41) is 0. The standard InChI is InChI=1S/C15H30/c1-7-14(5)15(6)11-10-13(4)9-8-12(2)3/h10-15H,7-9H2,1-6H3. The van der Waals surface area contributed by atoms with E-state index in [0.717, 1.165) is 23.7 Å². The molecule has 0 rings (SSSR count). The van der Waals surface area contributed by atoms with Gasteiger partial charge in [0, 0.05) is 0 Å². The Kier molecular flexibility index (Phi) is 7.82. The zero-order chi connectivity index (χ0) is 11.8. The fraction of sp³-hybridized carbons (Fsp3) is 0.867. The van der Waals surface area contributed by atoms with Gasteiger partial charge in [0.15, 0.2) is 0 Å². The molecule has 0 aliphatic rings. The molecule has 0 aromatic rings. The molecule has 0 heterocycles. The van der Waals surface area contributed by atoms with E-state index < -0.39 is 0 Å². The predicted molar refractivity (Wildman–Crippen MR) is 71.0 cm³/mol. The second-order valence-corrected chi connectivity index (χ2v) is 5.58. The molecule has 90 valence electrons. The van der Waals surface area contributed by atoms with E-state index in [9.17, 15) is 0 Å². The fourth-order valence-corrected chi connectivity index (χ4v) is 1.62. The zero-order valence-corrected chi connectivity index (χ0v) is 11.6. The first-order valence-electron chi connectivity index (χ1n) is 6.65. The predicted octanol–water partition coefficient (Wildman–Crippen LogP) is 5.30. The second-order valence-electron chi connectivity index (χ2n) is 5.58. The van der Waals surface area contributed by atoms with Crippen LogP contribution < -0.4 is 0 Å². The van der Waals surface area contributed by atoms with Crippen molar-refractivity contribution in [3.05, 3.63) is 12.2 Å². The quantitative estimate of drug-likeness (QED) is 0.500. The van der Waals surface area contributed by atoms with Gasteiger partial charge in [-0.15, -0.1) is 0 Å². The van der Waals surface area contributed by atoms with Crippen molar-refractivity contribution >= 4 is 0 Å². The normalized spacial score (nSPS) is 18.3. The van der Waals surface area contributed by atoms with E-state index >= 15 is 0 Å². The van der Waals surface area contributed by atoms with E-state index in [-0.39, 0.29) is 0 Å². The topological polar surface area (TPSA) is 0 Å². The smallest absolute Gasteiger partial charge is 0.0236 e. The summed E-state index contributed by atoms with van der Waals surface area (Å²) in [6.45, 7) is 13.9. The Hall–Kier alpha value is -0.260. The monoisotopic (exact) mass is 210 g/mol. The Balaban J connectivity index is 3.83. The summed E-state index contributed by atoms with van der Waals surface area (Å²) < 4.78 is 0. The zero-order valence-electron chi connectivity index (χ0n) is 11.6. The van der Waals surface area contributed by atoms with Gasteiger partial charge in [-0.25, -0.2) is 0 Å². The summed E-state index contributed by atoms with van der Waals surface area (Å²) in [7, 11) is 0. The van der Waals surface area contributed by atoms with Crippen LogP contribution in [-0.2, 0) is 0 Å². The first-order chi connectivity index (χ1) is 6.97. The number of hydrogen-bond donors (Lipinski definition) is 0. The summed E-state index contributed by atoms with van der Waals surface area (Å²) in [5.41, 5.74) is 0. The highest BCUT2D eigenvalue weighted by molar-refractivity contribution is 4.91. The Morgan fingerprint density at radius 2 is 1.47 bits per heavy atom. The van der Waals surface area contributed by atoms with Crippen LogP contribution in [0.1, 0.15) is 60.8 Å². The van der Waals surface area contributed by atoms with Crippen molar-refractivity contribution in [2.75, 3.05) is 0 Å². The third-order valence-electron chi connectivity index (χ3n) is 3.48. The lowest BCUT2D eigenvalue weighted by atomic mass is 9.91. The van der Waals surface area contributed by atoms with Crippen LogP contribution in [0.25, 0.3) is 0 Å². The molecule has 0 saturated heterocycles. The van der Waals surface area contributed by atoms with Gasteiger partial charge in [-0.1, -0.05) is 66.5 Å². The Labute approximate surface area is 97.2 Å². The maximum atomic E-state index is 2.42. The van der Waals surface area contributed by atoms with Crippen molar-refractivity contribution in [3.8, 4) is 0 Å². The average Bonchev–Trinajstić information content (AvgIpc) is 2.21. The molecule has 0 aromatic carbocycles. The van der Waals surface area contributed by atoms with Crippen LogP contribution in [0, 0.1) is 23.7 Å². The second kappa shape index (κ2) is 7.96. The van der Waals surface area contributed by atoms with E-state index in [2.05, 4.69) is 53.7 Å². The van der Waals surface area contributed by atoms with Crippen LogP contribution in [0.5, 0.6) is 0 Å². The fourth-order valence-electron chi connectivity index (χ4n) is 1.62. The first kappa shape index (κ1) is 14.7. The van der Waals surface area contributed by atoms with Crippen molar-refractivity contribution in [1.82, 2.24) is 0 Å². The van der Waals surface area contributed by atoms with Crippen molar-refractivity contribution < 1.29 is 0 Å². The third-order valence-corrected chi connectivity index (χ3v) is 3.48. The van der Waals surface area contributed by atoms with E-state index in [1.807, 2.05) is 0 Å². The molecule has 0 N–H and O–H groups in total. The number of rotatable bonds is 7. The van der Waals surface area contributed by atoms with E-state index in [4.69, 9.17) is 0 Å². The molecule has 0 nitrogen and oxygen atoms in total. The van der Waals surface area contributed by atoms with Gasteiger partial charge in [-0.3, -0.25) is 0 Å². The summed E-state index contributed by atoms with van der Waals surface area (Å²) in [4.78, 5) is 0. The van der Waals surface area contributed by atoms with Crippen molar-refractivity contribution in [2.45, 2.75) is 60.8 Å². The molecule has 0 bridgehead atoms. The summed E-state index contributed by atoms with van der Waals surface area (Å²) in [6.07, 6.45) is 8.80. The molecule has 0 aliphatic carbocycles. The number of hydrogen-bond acceptors (Lipinski definition) is 0. The molecule has 0 spiro atoms. The van der Waals surface area contributed by atoms with Crippen LogP contribution in [0.2, 0.25) is 0 Å². The molecule has 0 saturated carbocycles. The Morgan fingerprint density at radius 1 is 0.867 bits per heavy atom. The van der Waals surface area contributed by atoms with Crippen molar-refractivity contribution in [2.24, 2.45) is 23.7 Å². The molecular weight excluding hydrogens is 180 g/mol. The molecule has 3 unspecified atom stereocenters. The van der Waals surface area contributed by atoms with Gasteiger partial charge in [-0.2, -0.15) is 0 Å². The van der Waals surface area contributed by atoms with Crippen LogP contribution in [0.3, 0.4) is 0 Å². The van der Waals surface area contributed by atoms with Crippen molar-refractivity contribution in [3.63, 3.8) is 0 Å². The van der Waals surface area contributed by atoms with Gasteiger partial charge in [0.2, 0.25) is 0 Å². The van der Waals surface area contributed by atoms with Crippen molar-refractivity contribution in [1.29, 1.82) is 0 Å². The van der Waals surface area contributed by atoms with E-state index in [1.54, 1.807) is 0 Å². The van der Waals surface area contributed by atoms with E-state index in [0.29, 0.717) is 0 Å². The van der Waals surface area contributed by atoms with Gasteiger partial charge in [0.25, 0.3) is 0 Å². The largest absolute Gasteiger partial charge is 0.0854 e. The van der Waals surface area contributed by atoms with Gasteiger partial charge >= 0.3 is 0 Å². The highest BCUT2D eigenvalue weighted by atomic mass is 14.1. The average molecular weight is 210 g/mol. The highest BCUT2D eigenvalue weighted by Crippen LogP contribution is 2.18. The van der Waals surface area contributed by atoms with E-state index in [1.165, 1.54) is 19.3 Å². The maximum absolute atomic E-state index is 2.42. The molecule has 15 heavy (non-hydrogen) atoms. The lowest BCUT2D eigenvalue weighted by Gasteiger charge is -2.15. The minimum atomic E-state index is 0.733. The summed E-state index contributed by atoms with van der Waals surface area (Å²) >= 11 is 0. The molecule has 0 aliphatic heterocycles. The van der Waals surface area contributed by atoms with Gasteiger partial charge in [0.05, 0.1) is 0 Å². The summed E-state index contributed by atoms with van der Waals surface area (Å²) in [5.74, 6) is 3.14. The van der Waals surface area contributed by atoms with Crippen LogP contribution in [-0.4, -0.2) is 0 Å². The minimum Gasteiger partial charge on any atom is -0.0854 e. The molecule has 0 aromatic heterocycles. The molecule has 0 radical (unpaired) electrons. The summed E-state index contributed by atoms with van der Waals surface area (Å²) in [6, 6.07) is 0. The van der Waals surface area contributed by atoms with Gasteiger partial charge in [0.1, 0.15) is 0 Å². The van der Waals surface area contributed by atoms with Gasteiger partial charge in [-0.05, 0) is 30.1 Å². The molecule has 0 amide bonds. The van der Waals surface area contributed by atoms with Gasteiger partial charge < -0.3 is 0 Å². The lowest BCUT2D eigenvalue weighted by Crippen LogP contribution is -2.04. The SMILES string of the molecule is CCC(C)C(C)C=CC(C)CCC(C)C. The van der Waals surface area contributed by atoms with Crippen LogP contribution in [0.4, 0.5) is 0 Å². The lowest BCUT2D eigenvalue weighted by molar-refractivity contribution is 0.441. The van der Waals surface area contributed by atoms with Crippen LogP contribution in [0.15, 0.2) is 12.2 Å². The third kappa shape index (κ3) is 7.64. The number of allylic oxidation sites excluding steroid dienone is 2. The first-order valence-corrected chi connectivity index (χ1v) is 6.65. The Bertz CT molecular complexity index is 167. The molecule has 0 fully saturated rings. The van der Waals surface area contributed by atoms with Crippen LogP contribution >= 0.6 is 0 Å². The Morgan fingerprint density at radius 3 is 1.93 bits per heavy atom. The maximum Gasteiger partial charge on any atom is -0.0236 e. The molecule has 3 atom stereocenters.